The first-order chi connectivity index (χ1) is 11.6. The summed E-state index contributed by atoms with van der Waals surface area (Å²) in [5.41, 5.74) is -0.0618. The third-order valence-corrected chi connectivity index (χ3v) is 4.23. The van der Waals surface area contributed by atoms with Crippen molar-refractivity contribution in [3.63, 3.8) is 0 Å². The zero-order chi connectivity index (χ0) is 17.4. The topological polar surface area (TPSA) is 82.3 Å². The number of nitrogens with one attached hydrogen (secondary N) is 1. The number of nitrogens with zero attached hydrogens (tertiary/aromatic N) is 1. The molecule has 1 saturated carbocycles. The van der Waals surface area contributed by atoms with Crippen molar-refractivity contribution in [2.75, 3.05) is 13.2 Å². The van der Waals surface area contributed by atoms with E-state index in [1.54, 1.807) is 24.3 Å². The molecule has 0 aromatic heterocycles. The summed E-state index contributed by atoms with van der Waals surface area (Å²) in [5.74, 6) is 0.294. The predicted octanol–water partition coefficient (Wildman–Crippen LogP) is 2.80. The number of aliphatic hydroxyl groups is 1. The van der Waals surface area contributed by atoms with E-state index >= 15 is 0 Å². The molecule has 1 aliphatic carbocycles. The Labute approximate surface area is 142 Å². The predicted molar refractivity (Wildman–Crippen MR) is 92.2 cm³/mol. The average molecular weight is 328 g/mol. The van der Waals surface area contributed by atoms with Crippen LogP contribution in [-0.2, 0) is 4.79 Å². The Morgan fingerprint density at radius 3 is 2.58 bits per heavy atom. The number of hydrogen-bond donors (Lipinski definition) is 2. The van der Waals surface area contributed by atoms with Crippen molar-refractivity contribution in [2.24, 2.45) is 0 Å². The number of amides is 1. The van der Waals surface area contributed by atoms with E-state index in [9.17, 15) is 15.2 Å². The zero-order valence-electron chi connectivity index (χ0n) is 14.0. The van der Waals surface area contributed by atoms with Crippen molar-refractivity contribution in [1.29, 1.82) is 5.26 Å². The standard InChI is InChI=1S/C19H24N2O3/c1-2-24-17-8-6-15(7-9-17)12-16(13-20)18(22)21-14-19(23)10-4-3-5-11-19/h6-9,12,23H,2-5,10-11,14H2,1H3,(H,21,22). The fourth-order valence-electron chi connectivity index (χ4n) is 2.87. The summed E-state index contributed by atoms with van der Waals surface area (Å²) in [7, 11) is 0. The normalized spacial score (nSPS) is 17.0. The molecular formula is C19H24N2O3. The Hall–Kier alpha value is -2.32. The minimum Gasteiger partial charge on any atom is -0.494 e. The highest BCUT2D eigenvalue weighted by atomic mass is 16.5. The third kappa shape index (κ3) is 5.10. The summed E-state index contributed by atoms with van der Waals surface area (Å²) in [6, 6.07) is 9.12. The van der Waals surface area contributed by atoms with Crippen LogP contribution >= 0.6 is 0 Å². The van der Waals surface area contributed by atoms with E-state index in [2.05, 4.69) is 5.32 Å². The fraction of sp³-hybridized carbons (Fsp3) is 0.474. The van der Waals surface area contributed by atoms with Crippen molar-refractivity contribution in [3.05, 3.63) is 35.4 Å². The van der Waals surface area contributed by atoms with Crippen LogP contribution in [0.5, 0.6) is 5.75 Å². The van der Waals surface area contributed by atoms with E-state index < -0.39 is 11.5 Å². The van der Waals surface area contributed by atoms with Crippen LogP contribution in [0.15, 0.2) is 29.8 Å². The Morgan fingerprint density at radius 2 is 2.00 bits per heavy atom. The van der Waals surface area contributed by atoms with Crippen LogP contribution < -0.4 is 10.1 Å². The first-order valence-corrected chi connectivity index (χ1v) is 8.41. The molecule has 1 aromatic rings. The van der Waals surface area contributed by atoms with Gasteiger partial charge in [-0.2, -0.15) is 5.26 Å². The smallest absolute Gasteiger partial charge is 0.262 e. The lowest BCUT2D eigenvalue weighted by Gasteiger charge is -2.32. The van der Waals surface area contributed by atoms with E-state index in [1.165, 1.54) is 6.08 Å². The fourth-order valence-corrected chi connectivity index (χ4v) is 2.87. The lowest BCUT2D eigenvalue weighted by molar-refractivity contribution is -0.118. The first-order valence-electron chi connectivity index (χ1n) is 8.41. The number of rotatable bonds is 6. The van der Waals surface area contributed by atoms with Crippen LogP contribution in [-0.4, -0.2) is 29.8 Å². The second-order valence-corrected chi connectivity index (χ2v) is 6.14. The molecule has 24 heavy (non-hydrogen) atoms. The van der Waals surface area contributed by atoms with Crippen molar-refractivity contribution in [3.8, 4) is 11.8 Å². The molecule has 1 fully saturated rings. The molecule has 0 saturated heterocycles. The van der Waals surface area contributed by atoms with Gasteiger partial charge in [-0.25, -0.2) is 0 Å². The highest BCUT2D eigenvalue weighted by molar-refractivity contribution is 6.01. The van der Waals surface area contributed by atoms with Crippen LogP contribution in [0.1, 0.15) is 44.6 Å². The Morgan fingerprint density at radius 1 is 1.33 bits per heavy atom. The van der Waals surface area contributed by atoms with Gasteiger partial charge in [-0.1, -0.05) is 31.4 Å². The molecule has 0 heterocycles. The largest absolute Gasteiger partial charge is 0.494 e. The molecule has 0 radical (unpaired) electrons. The molecule has 1 amide bonds. The van der Waals surface area contributed by atoms with Gasteiger partial charge in [-0.3, -0.25) is 4.79 Å². The summed E-state index contributed by atoms with van der Waals surface area (Å²) in [5, 5.41) is 22.3. The van der Waals surface area contributed by atoms with Crippen LogP contribution in [0, 0.1) is 11.3 Å². The van der Waals surface area contributed by atoms with Crippen molar-refractivity contribution in [1.82, 2.24) is 5.32 Å². The van der Waals surface area contributed by atoms with Gasteiger partial charge in [0.1, 0.15) is 17.4 Å². The van der Waals surface area contributed by atoms with E-state index in [4.69, 9.17) is 4.74 Å². The summed E-state index contributed by atoms with van der Waals surface area (Å²) in [6.07, 6.45) is 5.99. The number of ether oxygens (including phenoxy) is 1. The lowest BCUT2D eigenvalue weighted by Crippen LogP contribution is -2.44. The minimum absolute atomic E-state index is 0.0265. The quantitative estimate of drug-likeness (QED) is 0.621. The number of hydrogen-bond acceptors (Lipinski definition) is 4. The van der Waals surface area contributed by atoms with Gasteiger partial charge in [-0.05, 0) is 43.5 Å². The summed E-state index contributed by atoms with van der Waals surface area (Å²) in [6.45, 7) is 2.68. The lowest BCUT2D eigenvalue weighted by atomic mass is 9.85. The van der Waals surface area contributed by atoms with Gasteiger partial charge >= 0.3 is 0 Å². The number of carbonyl (C=O) groups is 1. The van der Waals surface area contributed by atoms with E-state index in [0.717, 1.165) is 30.6 Å². The van der Waals surface area contributed by atoms with Crippen molar-refractivity contribution in [2.45, 2.75) is 44.6 Å². The van der Waals surface area contributed by atoms with Gasteiger partial charge < -0.3 is 15.2 Å². The molecule has 128 valence electrons. The average Bonchev–Trinajstić information content (AvgIpc) is 2.60. The van der Waals surface area contributed by atoms with Crippen LogP contribution in [0.2, 0.25) is 0 Å². The molecule has 0 unspecified atom stereocenters. The third-order valence-electron chi connectivity index (χ3n) is 4.23. The van der Waals surface area contributed by atoms with Gasteiger partial charge in [0.2, 0.25) is 0 Å². The molecule has 2 rings (SSSR count). The van der Waals surface area contributed by atoms with Gasteiger partial charge in [0, 0.05) is 6.54 Å². The van der Waals surface area contributed by atoms with Crippen molar-refractivity contribution < 1.29 is 14.6 Å². The molecule has 0 bridgehead atoms. The Kier molecular flexibility index (Phi) is 6.39. The van der Waals surface area contributed by atoms with Crippen molar-refractivity contribution >= 4 is 12.0 Å². The second-order valence-electron chi connectivity index (χ2n) is 6.14. The summed E-state index contributed by atoms with van der Waals surface area (Å²) < 4.78 is 5.36. The molecule has 1 aromatic carbocycles. The maximum absolute atomic E-state index is 12.2. The van der Waals surface area contributed by atoms with Gasteiger partial charge in [0.25, 0.3) is 5.91 Å². The van der Waals surface area contributed by atoms with E-state index in [0.29, 0.717) is 19.4 Å². The Bertz CT molecular complexity index is 623. The molecule has 0 aliphatic heterocycles. The van der Waals surface area contributed by atoms with E-state index in [1.807, 2.05) is 13.0 Å². The number of carbonyl (C=O) groups excluding carboxylic acids is 1. The molecular weight excluding hydrogens is 304 g/mol. The first kappa shape index (κ1) is 18.0. The number of benzene rings is 1. The van der Waals surface area contributed by atoms with Gasteiger partial charge in [0.05, 0.1) is 12.2 Å². The van der Waals surface area contributed by atoms with Gasteiger partial charge in [-0.15, -0.1) is 0 Å². The molecule has 0 atom stereocenters. The van der Waals surface area contributed by atoms with E-state index in [-0.39, 0.29) is 12.1 Å². The molecule has 5 nitrogen and oxygen atoms in total. The SMILES string of the molecule is CCOc1ccc(C=C(C#N)C(=O)NCC2(O)CCCCC2)cc1. The molecule has 1 aliphatic rings. The number of nitriles is 1. The monoisotopic (exact) mass is 328 g/mol. The van der Waals surface area contributed by atoms with Gasteiger partial charge in [0.15, 0.2) is 0 Å². The molecule has 0 spiro atoms. The minimum atomic E-state index is -0.840. The summed E-state index contributed by atoms with van der Waals surface area (Å²) >= 11 is 0. The molecule has 2 N–H and O–H groups in total. The highest BCUT2D eigenvalue weighted by Crippen LogP contribution is 2.27. The maximum atomic E-state index is 12.2. The maximum Gasteiger partial charge on any atom is 0.262 e. The van der Waals surface area contributed by atoms with Crippen LogP contribution in [0.25, 0.3) is 6.08 Å². The zero-order valence-corrected chi connectivity index (χ0v) is 14.0. The highest BCUT2D eigenvalue weighted by Gasteiger charge is 2.29. The molecule has 5 heteroatoms. The second kappa shape index (κ2) is 8.51. The Balaban J connectivity index is 1.98. The van der Waals surface area contributed by atoms with Crippen LogP contribution in [0.4, 0.5) is 0 Å². The summed E-state index contributed by atoms with van der Waals surface area (Å²) in [4.78, 5) is 12.2. The van der Waals surface area contributed by atoms with Crippen LogP contribution in [0.3, 0.4) is 0 Å².